The number of rotatable bonds is 7. The molecule has 8 heteroatoms. The van der Waals surface area contributed by atoms with Gasteiger partial charge in [0.1, 0.15) is 5.75 Å². The van der Waals surface area contributed by atoms with E-state index in [1.807, 2.05) is 30.3 Å². The summed E-state index contributed by atoms with van der Waals surface area (Å²) in [7, 11) is 1.27. The quantitative estimate of drug-likeness (QED) is 0.440. The third-order valence-electron chi connectivity index (χ3n) is 4.93. The SMILES string of the molecule is COC(=O)COc1cccc(NC(=O)c2nn(Cc3ccccc3)c(=O)c3ccccc23)c1. The van der Waals surface area contributed by atoms with Gasteiger partial charge in [0, 0.05) is 17.1 Å². The van der Waals surface area contributed by atoms with Gasteiger partial charge in [-0.05, 0) is 23.8 Å². The number of benzene rings is 3. The summed E-state index contributed by atoms with van der Waals surface area (Å²) in [6.07, 6.45) is 0. The standard InChI is InChI=1S/C25H21N3O5/c1-32-22(29)16-33-19-11-7-10-18(14-19)26-24(30)23-20-12-5-6-13-21(20)25(31)28(27-23)15-17-8-3-2-4-9-17/h2-14H,15-16H2,1H3,(H,26,30). The van der Waals surface area contributed by atoms with Crippen LogP contribution < -0.4 is 15.6 Å². The van der Waals surface area contributed by atoms with Gasteiger partial charge in [0.15, 0.2) is 12.3 Å². The van der Waals surface area contributed by atoms with Crippen molar-refractivity contribution in [1.29, 1.82) is 0 Å². The molecule has 4 aromatic rings. The van der Waals surface area contributed by atoms with Gasteiger partial charge in [-0.3, -0.25) is 9.59 Å². The van der Waals surface area contributed by atoms with E-state index in [-0.39, 0.29) is 24.4 Å². The predicted octanol–water partition coefficient (Wildman–Crippen LogP) is 3.25. The molecule has 3 aromatic carbocycles. The molecule has 4 rings (SSSR count). The molecular weight excluding hydrogens is 422 g/mol. The number of ether oxygens (including phenoxy) is 2. The Labute approximate surface area is 189 Å². The molecule has 1 amide bonds. The Bertz CT molecular complexity index is 1370. The Hall–Kier alpha value is -4.46. The van der Waals surface area contributed by atoms with Crippen LogP contribution in [-0.4, -0.2) is 35.4 Å². The van der Waals surface area contributed by atoms with Crippen molar-refractivity contribution in [2.75, 3.05) is 19.0 Å². The summed E-state index contributed by atoms with van der Waals surface area (Å²) < 4.78 is 11.2. The normalized spacial score (nSPS) is 10.6. The first-order chi connectivity index (χ1) is 16.0. The third kappa shape index (κ3) is 5.07. The van der Waals surface area contributed by atoms with Gasteiger partial charge in [0.2, 0.25) is 0 Å². The number of hydrogen-bond donors (Lipinski definition) is 1. The minimum Gasteiger partial charge on any atom is -0.482 e. The van der Waals surface area contributed by atoms with Gasteiger partial charge in [0.25, 0.3) is 11.5 Å². The molecule has 0 atom stereocenters. The first-order valence-electron chi connectivity index (χ1n) is 10.2. The lowest BCUT2D eigenvalue weighted by Crippen LogP contribution is -2.28. The van der Waals surface area contributed by atoms with Crippen molar-refractivity contribution in [3.8, 4) is 5.75 Å². The van der Waals surface area contributed by atoms with Crippen LogP contribution in [-0.2, 0) is 16.1 Å². The van der Waals surface area contributed by atoms with E-state index in [9.17, 15) is 14.4 Å². The fourth-order valence-electron chi connectivity index (χ4n) is 3.32. The zero-order chi connectivity index (χ0) is 23.2. The molecule has 0 fully saturated rings. The number of amides is 1. The summed E-state index contributed by atoms with van der Waals surface area (Å²) in [6.45, 7) is -0.00776. The van der Waals surface area contributed by atoms with Crippen molar-refractivity contribution >= 4 is 28.3 Å². The van der Waals surface area contributed by atoms with Crippen LogP contribution in [0.25, 0.3) is 10.8 Å². The molecule has 1 N–H and O–H groups in total. The van der Waals surface area contributed by atoms with Crippen molar-refractivity contribution in [3.05, 3.63) is 100 Å². The van der Waals surface area contributed by atoms with Crippen LogP contribution in [0.15, 0.2) is 83.7 Å². The molecule has 0 aliphatic heterocycles. The van der Waals surface area contributed by atoms with Gasteiger partial charge < -0.3 is 14.8 Å². The Morgan fingerprint density at radius 2 is 1.67 bits per heavy atom. The second-order valence-electron chi connectivity index (χ2n) is 7.19. The number of carbonyl (C=O) groups is 2. The first kappa shape index (κ1) is 21.8. The first-order valence-corrected chi connectivity index (χ1v) is 10.2. The zero-order valence-electron chi connectivity index (χ0n) is 17.9. The average molecular weight is 443 g/mol. The monoisotopic (exact) mass is 443 g/mol. The number of carbonyl (C=O) groups excluding carboxylic acids is 2. The maximum atomic E-state index is 13.2. The molecule has 0 saturated heterocycles. The van der Waals surface area contributed by atoms with E-state index < -0.39 is 11.9 Å². The van der Waals surface area contributed by atoms with Crippen LogP contribution in [0.4, 0.5) is 5.69 Å². The summed E-state index contributed by atoms with van der Waals surface area (Å²) in [5.74, 6) is -0.594. The smallest absolute Gasteiger partial charge is 0.343 e. The van der Waals surface area contributed by atoms with Crippen molar-refractivity contribution in [2.24, 2.45) is 0 Å². The van der Waals surface area contributed by atoms with E-state index in [4.69, 9.17) is 4.74 Å². The fourth-order valence-corrected chi connectivity index (χ4v) is 3.32. The number of methoxy groups -OCH3 is 1. The number of nitrogens with zero attached hydrogens (tertiary/aromatic N) is 2. The summed E-state index contributed by atoms with van der Waals surface area (Å²) in [6, 6.07) is 22.9. The molecule has 33 heavy (non-hydrogen) atoms. The largest absolute Gasteiger partial charge is 0.482 e. The molecule has 0 saturated carbocycles. The highest BCUT2D eigenvalue weighted by Crippen LogP contribution is 2.20. The molecule has 0 unspecified atom stereocenters. The van der Waals surface area contributed by atoms with Crippen LogP contribution >= 0.6 is 0 Å². The average Bonchev–Trinajstić information content (AvgIpc) is 2.85. The highest BCUT2D eigenvalue weighted by atomic mass is 16.6. The van der Waals surface area contributed by atoms with Crippen LogP contribution in [0.2, 0.25) is 0 Å². The number of aromatic nitrogens is 2. The Morgan fingerprint density at radius 1 is 0.939 bits per heavy atom. The zero-order valence-corrected chi connectivity index (χ0v) is 17.9. The molecule has 0 bridgehead atoms. The Morgan fingerprint density at radius 3 is 2.42 bits per heavy atom. The lowest BCUT2D eigenvalue weighted by atomic mass is 10.1. The van der Waals surface area contributed by atoms with Gasteiger partial charge >= 0.3 is 5.97 Å². The minimum atomic E-state index is -0.513. The van der Waals surface area contributed by atoms with Crippen LogP contribution in [0.5, 0.6) is 5.75 Å². The van der Waals surface area contributed by atoms with Crippen molar-refractivity contribution < 1.29 is 19.1 Å². The summed E-state index contributed by atoms with van der Waals surface area (Å²) >= 11 is 0. The van der Waals surface area contributed by atoms with Crippen molar-refractivity contribution in [2.45, 2.75) is 6.54 Å². The number of nitrogens with one attached hydrogen (secondary N) is 1. The summed E-state index contributed by atoms with van der Waals surface area (Å²) in [5, 5.41) is 8.04. The van der Waals surface area contributed by atoms with Crippen LogP contribution in [0.1, 0.15) is 16.1 Å². The molecule has 166 valence electrons. The maximum Gasteiger partial charge on any atom is 0.343 e. The number of fused-ring (bicyclic) bond motifs is 1. The summed E-state index contributed by atoms with van der Waals surface area (Å²) in [5.41, 5.74) is 1.20. The van der Waals surface area contributed by atoms with E-state index in [2.05, 4.69) is 15.2 Å². The van der Waals surface area contributed by atoms with Crippen LogP contribution in [0, 0.1) is 0 Å². The van der Waals surface area contributed by atoms with E-state index in [1.165, 1.54) is 11.8 Å². The van der Waals surface area contributed by atoms with Gasteiger partial charge in [-0.2, -0.15) is 5.10 Å². The second kappa shape index (κ2) is 9.78. The molecule has 1 aromatic heterocycles. The Kier molecular flexibility index (Phi) is 6.45. The van der Waals surface area contributed by atoms with E-state index in [1.54, 1.807) is 48.5 Å². The van der Waals surface area contributed by atoms with Gasteiger partial charge in [-0.15, -0.1) is 0 Å². The fraction of sp³-hybridized carbons (Fsp3) is 0.120. The van der Waals surface area contributed by atoms with E-state index in [0.717, 1.165) is 5.56 Å². The van der Waals surface area contributed by atoms with Crippen molar-refractivity contribution in [3.63, 3.8) is 0 Å². The number of esters is 1. The molecule has 0 aliphatic carbocycles. The highest BCUT2D eigenvalue weighted by Gasteiger charge is 2.17. The second-order valence-corrected chi connectivity index (χ2v) is 7.19. The number of hydrogen-bond acceptors (Lipinski definition) is 6. The van der Waals surface area contributed by atoms with E-state index >= 15 is 0 Å². The molecule has 8 nitrogen and oxygen atoms in total. The molecule has 0 radical (unpaired) electrons. The summed E-state index contributed by atoms with van der Waals surface area (Å²) in [4.78, 5) is 37.4. The van der Waals surface area contributed by atoms with Gasteiger partial charge in [-0.25, -0.2) is 9.48 Å². The van der Waals surface area contributed by atoms with E-state index in [0.29, 0.717) is 22.2 Å². The highest BCUT2D eigenvalue weighted by molar-refractivity contribution is 6.11. The number of anilines is 1. The minimum absolute atomic E-state index is 0.127. The van der Waals surface area contributed by atoms with Gasteiger partial charge in [-0.1, -0.05) is 54.6 Å². The maximum absolute atomic E-state index is 13.2. The topological polar surface area (TPSA) is 99.5 Å². The lowest BCUT2D eigenvalue weighted by Gasteiger charge is -2.12. The lowest BCUT2D eigenvalue weighted by molar-refractivity contribution is -0.142. The molecule has 0 aliphatic rings. The van der Waals surface area contributed by atoms with Crippen LogP contribution in [0.3, 0.4) is 0 Å². The molecular formula is C25H21N3O5. The van der Waals surface area contributed by atoms with Crippen molar-refractivity contribution in [1.82, 2.24) is 9.78 Å². The van der Waals surface area contributed by atoms with Gasteiger partial charge in [0.05, 0.1) is 19.0 Å². The third-order valence-corrected chi connectivity index (χ3v) is 4.93. The predicted molar refractivity (Wildman–Crippen MR) is 123 cm³/mol. The molecule has 0 spiro atoms. The molecule has 1 heterocycles. The Balaban J connectivity index is 1.65.